The Morgan fingerprint density at radius 3 is 2.47 bits per heavy atom. The summed E-state index contributed by atoms with van der Waals surface area (Å²) in [5, 5.41) is 0.454. The van der Waals surface area contributed by atoms with E-state index in [0.29, 0.717) is 17.0 Å². The molecule has 2 rings (SSSR count). The summed E-state index contributed by atoms with van der Waals surface area (Å²) >= 11 is 6.00. The van der Waals surface area contributed by atoms with Gasteiger partial charge in [-0.1, -0.05) is 48.0 Å². The minimum absolute atomic E-state index is 0.0883. The van der Waals surface area contributed by atoms with Crippen molar-refractivity contribution in [1.82, 2.24) is 0 Å². The monoisotopic (exact) mass is 277 g/mol. The van der Waals surface area contributed by atoms with Crippen LogP contribution in [0.15, 0.2) is 48.5 Å². The SMILES string of the molecule is NC(CCc1ccccc1)Cc1c(F)cccc1Cl. The standard InChI is InChI=1S/C16H17ClFN/c17-15-7-4-8-16(18)14(15)11-13(19)10-9-12-5-2-1-3-6-12/h1-8,13H,9-11,19H2. The molecule has 2 aromatic rings. The van der Waals surface area contributed by atoms with Gasteiger partial charge in [-0.25, -0.2) is 4.39 Å². The molecule has 19 heavy (non-hydrogen) atoms. The summed E-state index contributed by atoms with van der Waals surface area (Å²) in [6.45, 7) is 0. The van der Waals surface area contributed by atoms with E-state index in [1.165, 1.54) is 11.6 Å². The highest BCUT2D eigenvalue weighted by molar-refractivity contribution is 6.31. The zero-order valence-corrected chi connectivity index (χ0v) is 11.4. The first-order valence-electron chi connectivity index (χ1n) is 6.39. The smallest absolute Gasteiger partial charge is 0.127 e. The largest absolute Gasteiger partial charge is 0.327 e. The van der Waals surface area contributed by atoms with Crippen molar-refractivity contribution in [3.05, 3.63) is 70.5 Å². The summed E-state index contributed by atoms with van der Waals surface area (Å²) in [4.78, 5) is 0. The molecule has 0 aromatic heterocycles. The van der Waals surface area contributed by atoms with Crippen LogP contribution in [0.1, 0.15) is 17.5 Å². The van der Waals surface area contributed by atoms with Crippen molar-refractivity contribution in [2.45, 2.75) is 25.3 Å². The van der Waals surface area contributed by atoms with Gasteiger partial charge in [-0.05, 0) is 37.0 Å². The van der Waals surface area contributed by atoms with E-state index in [-0.39, 0.29) is 11.9 Å². The molecule has 0 saturated carbocycles. The molecule has 1 atom stereocenters. The lowest BCUT2D eigenvalue weighted by Gasteiger charge is -2.13. The second kappa shape index (κ2) is 6.69. The second-order valence-electron chi connectivity index (χ2n) is 4.69. The summed E-state index contributed by atoms with van der Waals surface area (Å²) in [5.41, 5.74) is 7.83. The molecule has 0 bridgehead atoms. The summed E-state index contributed by atoms with van der Waals surface area (Å²) in [7, 11) is 0. The van der Waals surface area contributed by atoms with Crippen LogP contribution in [-0.2, 0) is 12.8 Å². The third kappa shape index (κ3) is 4.05. The Hall–Kier alpha value is -1.38. The second-order valence-corrected chi connectivity index (χ2v) is 5.10. The van der Waals surface area contributed by atoms with Crippen LogP contribution in [-0.4, -0.2) is 6.04 Å². The molecule has 0 amide bonds. The predicted octanol–water partition coefficient (Wildman–Crippen LogP) is 3.98. The molecule has 0 aliphatic carbocycles. The van der Waals surface area contributed by atoms with Gasteiger partial charge in [0.1, 0.15) is 5.82 Å². The van der Waals surface area contributed by atoms with Crippen LogP contribution >= 0.6 is 11.6 Å². The van der Waals surface area contributed by atoms with Gasteiger partial charge in [-0.15, -0.1) is 0 Å². The van der Waals surface area contributed by atoms with Gasteiger partial charge in [0, 0.05) is 16.6 Å². The van der Waals surface area contributed by atoms with E-state index in [1.54, 1.807) is 12.1 Å². The van der Waals surface area contributed by atoms with Crippen molar-refractivity contribution in [3.8, 4) is 0 Å². The fraction of sp³-hybridized carbons (Fsp3) is 0.250. The van der Waals surface area contributed by atoms with E-state index in [9.17, 15) is 4.39 Å². The van der Waals surface area contributed by atoms with Crippen molar-refractivity contribution in [2.75, 3.05) is 0 Å². The zero-order valence-electron chi connectivity index (χ0n) is 10.7. The van der Waals surface area contributed by atoms with E-state index < -0.39 is 0 Å². The van der Waals surface area contributed by atoms with Crippen molar-refractivity contribution < 1.29 is 4.39 Å². The topological polar surface area (TPSA) is 26.0 Å². The summed E-state index contributed by atoms with van der Waals surface area (Å²) in [6, 6.07) is 14.8. The van der Waals surface area contributed by atoms with Crippen molar-refractivity contribution >= 4 is 11.6 Å². The molecular weight excluding hydrogens is 261 g/mol. The average Bonchev–Trinajstić information content (AvgIpc) is 2.42. The van der Waals surface area contributed by atoms with Crippen molar-refractivity contribution in [1.29, 1.82) is 0 Å². The number of aryl methyl sites for hydroxylation is 1. The quantitative estimate of drug-likeness (QED) is 0.879. The molecule has 0 saturated heterocycles. The van der Waals surface area contributed by atoms with Crippen LogP contribution < -0.4 is 5.73 Å². The molecule has 0 radical (unpaired) electrons. The minimum atomic E-state index is -0.275. The van der Waals surface area contributed by atoms with E-state index >= 15 is 0 Å². The first-order valence-corrected chi connectivity index (χ1v) is 6.77. The molecule has 2 aromatic carbocycles. The molecule has 3 heteroatoms. The number of rotatable bonds is 5. The average molecular weight is 278 g/mol. The predicted molar refractivity (Wildman–Crippen MR) is 77.9 cm³/mol. The first kappa shape index (κ1) is 14.0. The molecule has 2 N–H and O–H groups in total. The maximum absolute atomic E-state index is 13.6. The Kier molecular flexibility index (Phi) is 4.94. The Bertz CT molecular complexity index is 507. The zero-order chi connectivity index (χ0) is 13.7. The fourth-order valence-electron chi connectivity index (χ4n) is 2.09. The molecule has 0 aliphatic rings. The Balaban J connectivity index is 1.93. The summed E-state index contributed by atoms with van der Waals surface area (Å²) in [5.74, 6) is -0.275. The van der Waals surface area contributed by atoms with Crippen molar-refractivity contribution in [3.63, 3.8) is 0 Å². The van der Waals surface area contributed by atoms with Crippen LogP contribution in [0.25, 0.3) is 0 Å². The van der Waals surface area contributed by atoms with E-state index in [1.807, 2.05) is 18.2 Å². The van der Waals surface area contributed by atoms with E-state index in [2.05, 4.69) is 12.1 Å². The van der Waals surface area contributed by atoms with E-state index in [0.717, 1.165) is 12.8 Å². The van der Waals surface area contributed by atoms with Gasteiger partial charge >= 0.3 is 0 Å². The van der Waals surface area contributed by atoms with Gasteiger partial charge in [0.15, 0.2) is 0 Å². The maximum Gasteiger partial charge on any atom is 0.127 e. The highest BCUT2D eigenvalue weighted by Crippen LogP contribution is 2.21. The molecular formula is C16H17ClFN. The van der Waals surface area contributed by atoms with Crippen LogP contribution in [0.3, 0.4) is 0 Å². The fourth-order valence-corrected chi connectivity index (χ4v) is 2.33. The van der Waals surface area contributed by atoms with E-state index in [4.69, 9.17) is 17.3 Å². The molecule has 0 aliphatic heterocycles. The molecule has 1 nitrogen and oxygen atoms in total. The molecule has 100 valence electrons. The third-order valence-electron chi connectivity index (χ3n) is 3.17. The molecule has 0 heterocycles. The molecule has 1 unspecified atom stereocenters. The van der Waals surface area contributed by atoms with Gasteiger partial charge in [0.05, 0.1) is 0 Å². The number of halogens is 2. The number of benzene rings is 2. The highest BCUT2D eigenvalue weighted by Gasteiger charge is 2.11. The summed E-state index contributed by atoms with van der Waals surface area (Å²) in [6.07, 6.45) is 2.18. The van der Waals surface area contributed by atoms with Gasteiger partial charge in [0.25, 0.3) is 0 Å². The van der Waals surface area contributed by atoms with Gasteiger partial charge in [-0.3, -0.25) is 0 Å². The van der Waals surface area contributed by atoms with Crippen LogP contribution in [0.4, 0.5) is 4.39 Å². The summed E-state index contributed by atoms with van der Waals surface area (Å²) < 4.78 is 13.6. The first-order chi connectivity index (χ1) is 9.16. The lowest BCUT2D eigenvalue weighted by Crippen LogP contribution is -2.24. The molecule has 0 spiro atoms. The number of hydrogen-bond donors (Lipinski definition) is 1. The lowest BCUT2D eigenvalue weighted by molar-refractivity contribution is 0.566. The van der Waals surface area contributed by atoms with Crippen LogP contribution in [0.2, 0.25) is 5.02 Å². The lowest BCUT2D eigenvalue weighted by atomic mass is 9.99. The number of hydrogen-bond acceptors (Lipinski definition) is 1. The normalized spacial score (nSPS) is 12.4. The molecule has 0 fully saturated rings. The Labute approximate surface area is 118 Å². The van der Waals surface area contributed by atoms with Gasteiger partial charge in [0.2, 0.25) is 0 Å². The third-order valence-corrected chi connectivity index (χ3v) is 3.53. The Morgan fingerprint density at radius 1 is 1.05 bits per heavy atom. The van der Waals surface area contributed by atoms with Gasteiger partial charge in [-0.2, -0.15) is 0 Å². The van der Waals surface area contributed by atoms with Crippen LogP contribution in [0, 0.1) is 5.82 Å². The minimum Gasteiger partial charge on any atom is -0.327 e. The van der Waals surface area contributed by atoms with Gasteiger partial charge < -0.3 is 5.73 Å². The Morgan fingerprint density at radius 2 is 1.79 bits per heavy atom. The number of nitrogens with two attached hydrogens (primary N) is 1. The highest BCUT2D eigenvalue weighted by atomic mass is 35.5. The van der Waals surface area contributed by atoms with Crippen LogP contribution in [0.5, 0.6) is 0 Å². The maximum atomic E-state index is 13.6. The van der Waals surface area contributed by atoms with Crippen molar-refractivity contribution in [2.24, 2.45) is 5.73 Å².